The highest BCUT2D eigenvalue weighted by atomic mass is 32.1. The smallest absolute Gasteiger partial charge is 0.415 e. The summed E-state index contributed by atoms with van der Waals surface area (Å²) in [5.74, 6) is -1.42. The second-order valence-electron chi connectivity index (χ2n) is 5.16. The van der Waals surface area contributed by atoms with Crippen LogP contribution < -0.4 is 5.32 Å². The summed E-state index contributed by atoms with van der Waals surface area (Å²) in [6.07, 6.45) is -1.63. The molecule has 2 aliphatic heterocycles. The molecule has 2 amide bonds. The first-order chi connectivity index (χ1) is 11.2. The Labute approximate surface area is 136 Å². The van der Waals surface area contributed by atoms with E-state index in [9.17, 15) is 9.59 Å². The van der Waals surface area contributed by atoms with Crippen LogP contribution in [0.1, 0.15) is 21.4 Å². The van der Waals surface area contributed by atoms with Crippen molar-refractivity contribution in [3.8, 4) is 0 Å². The average Bonchev–Trinajstić information content (AvgIpc) is 3.28. The molecule has 23 heavy (non-hydrogen) atoms. The summed E-state index contributed by atoms with van der Waals surface area (Å²) >= 11 is 1.34. The van der Waals surface area contributed by atoms with Crippen LogP contribution in [0.5, 0.6) is 0 Å². The Balaban J connectivity index is 1.72. The van der Waals surface area contributed by atoms with Crippen LogP contribution in [0.15, 0.2) is 42.5 Å². The summed E-state index contributed by atoms with van der Waals surface area (Å²) < 4.78 is 16.8. The molecule has 1 aromatic heterocycles. The lowest BCUT2D eigenvalue weighted by Gasteiger charge is -2.26. The van der Waals surface area contributed by atoms with Gasteiger partial charge in [-0.25, -0.2) is 4.79 Å². The molecule has 1 unspecified atom stereocenters. The maximum atomic E-state index is 11.8. The van der Waals surface area contributed by atoms with Gasteiger partial charge in [0.2, 0.25) is 11.9 Å². The second-order valence-corrected chi connectivity index (χ2v) is 6.27. The van der Waals surface area contributed by atoms with Gasteiger partial charge in [-0.2, -0.15) is 0 Å². The number of carbonyl (C=O) groups is 2. The van der Waals surface area contributed by atoms with Crippen LogP contribution in [0.4, 0.5) is 4.79 Å². The lowest BCUT2D eigenvalue weighted by Crippen LogP contribution is -2.27. The van der Waals surface area contributed by atoms with Gasteiger partial charge in [0.05, 0.1) is 23.0 Å². The van der Waals surface area contributed by atoms with Crippen LogP contribution in [0, 0.1) is 0 Å². The third kappa shape index (κ3) is 2.33. The van der Waals surface area contributed by atoms with Crippen molar-refractivity contribution in [1.82, 2.24) is 5.32 Å². The summed E-state index contributed by atoms with van der Waals surface area (Å²) in [5, 5.41) is 2.13. The highest BCUT2D eigenvalue weighted by Gasteiger charge is 2.43. The Morgan fingerprint density at radius 2 is 1.78 bits per heavy atom. The number of rotatable bonds is 3. The minimum Gasteiger partial charge on any atom is -0.430 e. The normalized spacial score (nSPS) is 22.9. The van der Waals surface area contributed by atoms with E-state index in [1.54, 1.807) is 6.07 Å². The van der Waals surface area contributed by atoms with Gasteiger partial charge >= 0.3 is 6.09 Å². The third-order valence-corrected chi connectivity index (χ3v) is 4.96. The molecule has 1 N–H and O–H groups in total. The van der Waals surface area contributed by atoms with Gasteiger partial charge in [0.1, 0.15) is 0 Å². The van der Waals surface area contributed by atoms with E-state index in [2.05, 4.69) is 5.32 Å². The van der Waals surface area contributed by atoms with Gasteiger partial charge in [-0.15, -0.1) is 11.3 Å². The maximum absolute atomic E-state index is 11.8. The van der Waals surface area contributed by atoms with Crippen LogP contribution in [0.2, 0.25) is 0 Å². The number of hydrogen-bond acceptors (Lipinski definition) is 6. The standard InChI is InChI=1S/C16H13NO5S/c18-14-13(22-15(19)17-14)11-6-7-12(23-11)16(20-8-9-21-16)10-4-2-1-3-5-10/h1-7,13H,8-9H2,(H,17,18,19). The second kappa shape index (κ2) is 5.45. The van der Waals surface area contributed by atoms with Gasteiger partial charge in [0.25, 0.3) is 5.91 Å². The molecule has 0 saturated carbocycles. The SMILES string of the molecule is O=C1NC(=O)C(c2ccc(C3(c4ccccc4)OCCO3)s2)O1. The number of ether oxygens (including phenoxy) is 3. The molecule has 2 fully saturated rings. The number of imide groups is 1. The highest BCUT2D eigenvalue weighted by molar-refractivity contribution is 7.12. The zero-order valence-corrected chi connectivity index (χ0v) is 12.8. The van der Waals surface area contributed by atoms with Crippen LogP contribution in [0.3, 0.4) is 0 Å². The molecule has 0 radical (unpaired) electrons. The minimum atomic E-state index is -0.969. The quantitative estimate of drug-likeness (QED) is 0.934. The van der Waals surface area contributed by atoms with Crippen molar-refractivity contribution < 1.29 is 23.8 Å². The van der Waals surface area contributed by atoms with Crippen LogP contribution in [-0.2, 0) is 24.8 Å². The van der Waals surface area contributed by atoms with Gasteiger partial charge in [-0.1, -0.05) is 30.3 Å². The molecule has 0 aliphatic carbocycles. The van der Waals surface area contributed by atoms with Gasteiger partial charge in [-0.05, 0) is 12.1 Å². The fourth-order valence-corrected chi connectivity index (χ4v) is 3.89. The van der Waals surface area contributed by atoms with Crippen LogP contribution in [-0.4, -0.2) is 25.2 Å². The number of alkyl carbamates (subject to hydrolysis) is 1. The Bertz CT molecular complexity index is 751. The molecule has 3 heterocycles. The Kier molecular flexibility index (Phi) is 3.41. The summed E-state index contributed by atoms with van der Waals surface area (Å²) in [4.78, 5) is 24.4. The number of carbonyl (C=O) groups excluding carboxylic acids is 2. The fraction of sp³-hybridized carbons (Fsp3) is 0.250. The summed E-state index contributed by atoms with van der Waals surface area (Å²) in [6.45, 7) is 0.974. The van der Waals surface area contributed by atoms with Crippen molar-refractivity contribution in [1.29, 1.82) is 0 Å². The molecule has 0 spiro atoms. The number of amides is 2. The zero-order chi connectivity index (χ0) is 15.9. The fourth-order valence-electron chi connectivity index (χ4n) is 2.74. The van der Waals surface area contributed by atoms with Crippen molar-refractivity contribution in [3.63, 3.8) is 0 Å². The molecule has 2 aliphatic rings. The van der Waals surface area contributed by atoms with Gasteiger partial charge in [0.15, 0.2) is 0 Å². The molecular weight excluding hydrogens is 318 g/mol. The predicted molar refractivity (Wildman–Crippen MR) is 80.8 cm³/mol. The lowest BCUT2D eigenvalue weighted by molar-refractivity contribution is -0.127. The number of thiophene rings is 1. The Morgan fingerprint density at radius 3 is 2.43 bits per heavy atom. The summed E-state index contributed by atoms with van der Waals surface area (Å²) in [5.41, 5.74) is 0.888. The van der Waals surface area contributed by atoms with Crippen LogP contribution in [0.25, 0.3) is 0 Å². The predicted octanol–water partition coefficient (Wildman–Crippen LogP) is 2.30. The lowest BCUT2D eigenvalue weighted by atomic mass is 10.0. The molecular formula is C16H13NO5S. The first-order valence-electron chi connectivity index (χ1n) is 7.14. The van der Waals surface area contributed by atoms with E-state index in [0.29, 0.717) is 18.1 Å². The molecule has 6 nitrogen and oxygen atoms in total. The minimum absolute atomic E-state index is 0.453. The molecule has 1 atom stereocenters. The largest absolute Gasteiger partial charge is 0.430 e. The molecule has 2 aromatic rings. The number of benzene rings is 1. The van der Waals surface area contributed by atoms with E-state index in [-0.39, 0.29) is 0 Å². The molecule has 1 aromatic carbocycles. The van der Waals surface area contributed by atoms with Gasteiger partial charge in [-0.3, -0.25) is 10.1 Å². The van der Waals surface area contributed by atoms with E-state index >= 15 is 0 Å². The maximum Gasteiger partial charge on any atom is 0.415 e. The molecule has 2 saturated heterocycles. The van der Waals surface area contributed by atoms with Crippen LogP contribution >= 0.6 is 11.3 Å². The van der Waals surface area contributed by atoms with E-state index < -0.39 is 23.9 Å². The number of nitrogens with one attached hydrogen (secondary N) is 1. The number of hydrogen-bond donors (Lipinski definition) is 1. The van der Waals surface area contributed by atoms with Crippen molar-refractivity contribution in [2.75, 3.05) is 13.2 Å². The first kappa shape index (κ1) is 14.4. The monoisotopic (exact) mass is 331 g/mol. The van der Waals surface area contributed by atoms with Crippen molar-refractivity contribution >= 4 is 23.3 Å². The van der Waals surface area contributed by atoms with Gasteiger partial charge in [0, 0.05) is 5.56 Å². The average molecular weight is 331 g/mol. The molecule has 0 bridgehead atoms. The highest BCUT2D eigenvalue weighted by Crippen LogP contribution is 2.43. The summed E-state index contributed by atoms with van der Waals surface area (Å²) in [6, 6.07) is 13.2. The third-order valence-electron chi connectivity index (χ3n) is 3.75. The van der Waals surface area contributed by atoms with E-state index in [1.165, 1.54) is 11.3 Å². The molecule has 4 rings (SSSR count). The Morgan fingerprint density at radius 1 is 1.04 bits per heavy atom. The van der Waals surface area contributed by atoms with E-state index in [1.807, 2.05) is 36.4 Å². The summed E-state index contributed by atoms with van der Waals surface area (Å²) in [7, 11) is 0. The number of cyclic esters (lactones) is 1. The van der Waals surface area contributed by atoms with Crippen molar-refractivity contribution in [3.05, 3.63) is 57.8 Å². The van der Waals surface area contributed by atoms with Crippen molar-refractivity contribution in [2.24, 2.45) is 0 Å². The van der Waals surface area contributed by atoms with E-state index in [0.717, 1.165) is 10.4 Å². The zero-order valence-electron chi connectivity index (χ0n) is 12.0. The van der Waals surface area contributed by atoms with Gasteiger partial charge < -0.3 is 14.2 Å². The van der Waals surface area contributed by atoms with E-state index in [4.69, 9.17) is 14.2 Å². The Hall–Kier alpha value is -2.22. The van der Waals surface area contributed by atoms with Crippen molar-refractivity contribution in [2.45, 2.75) is 11.9 Å². The topological polar surface area (TPSA) is 73.9 Å². The molecule has 118 valence electrons. The molecule has 7 heteroatoms. The first-order valence-corrected chi connectivity index (χ1v) is 7.96.